The number of aliphatic hydroxyl groups excluding tert-OH is 3. The number of Topliss-reactive ketones (excluding diaryl/α,β-unsaturated/α-hetero) is 1. The molecule has 0 amide bonds. The third kappa shape index (κ3) is 5.92. The summed E-state index contributed by atoms with van der Waals surface area (Å²) in [6.45, 7) is 10.7. The Hall–Kier alpha value is -1.49. The van der Waals surface area contributed by atoms with E-state index >= 15 is 0 Å². The molecule has 3 N–H and O–H groups in total. The number of ketones is 1. The molecule has 4 aliphatic carbocycles. The van der Waals surface area contributed by atoms with Gasteiger partial charge in [-0.2, -0.15) is 0 Å². The predicted molar refractivity (Wildman–Crippen MR) is 150 cm³/mol. The molecule has 4 fully saturated rings. The van der Waals surface area contributed by atoms with Gasteiger partial charge >= 0.3 is 0 Å². The molecule has 4 heteroatoms. The van der Waals surface area contributed by atoms with Gasteiger partial charge in [-0.25, -0.2) is 0 Å². The van der Waals surface area contributed by atoms with E-state index < -0.39 is 23.7 Å². The largest absolute Gasteiger partial charge is 0.388 e. The normalized spacial score (nSPS) is 36.0. The second-order valence-corrected chi connectivity index (χ2v) is 12.9. The van der Waals surface area contributed by atoms with Crippen molar-refractivity contribution in [2.45, 2.75) is 123 Å². The van der Waals surface area contributed by atoms with Gasteiger partial charge in [0.2, 0.25) is 0 Å². The molecule has 7 atom stereocenters. The molecule has 0 bridgehead atoms. The highest BCUT2D eigenvalue weighted by Crippen LogP contribution is 2.59. The summed E-state index contributed by atoms with van der Waals surface area (Å²) in [6, 6.07) is 0. The fourth-order valence-electron chi connectivity index (χ4n) is 7.83. The van der Waals surface area contributed by atoms with Crippen molar-refractivity contribution in [1.29, 1.82) is 0 Å². The summed E-state index contributed by atoms with van der Waals surface area (Å²) in [6.07, 6.45) is 19.1. The standard InChI is InChI=1S/C33H50O4/c1-5-6-7-10-30(36)33(18-19-33)31(37)16-11-22(2)26-14-15-27-25(9-8-17-32(26,27)4)13-12-24-20-28(34)23(3)29(35)21-24/h11-13,16,22,26-29,31,34-35,37H,3,5-10,14-15,17-21H2,1-2,4H3/b16-11+,25-13+/t22-,26-,27+,28-,29-,31-,32-/m1/s1. The van der Waals surface area contributed by atoms with Gasteiger partial charge in [0.25, 0.3) is 0 Å². The van der Waals surface area contributed by atoms with Crippen molar-refractivity contribution in [3.05, 3.63) is 47.6 Å². The molecular formula is C33H50O4. The first-order valence-electron chi connectivity index (χ1n) is 15.0. The second kappa shape index (κ2) is 11.7. The molecule has 0 unspecified atom stereocenters. The van der Waals surface area contributed by atoms with Gasteiger partial charge in [0.1, 0.15) is 5.78 Å². The van der Waals surface area contributed by atoms with Crippen LogP contribution in [0.5, 0.6) is 0 Å². The zero-order chi connectivity index (χ0) is 26.8. The number of allylic oxidation sites excluding steroid dienone is 4. The molecule has 0 aliphatic heterocycles. The van der Waals surface area contributed by atoms with Gasteiger partial charge in [-0.3, -0.25) is 4.79 Å². The second-order valence-electron chi connectivity index (χ2n) is 12.9. The minimum absolute atomic E-state index is 0.240. The third-order valence-electron chi connectivity index (χ3n) is 10.5. The lowest BCUT2D eigenvalue weighted by Gasteiger charge is -2.44. The smallest absolute Gasteiger partial charge is 0.141 e. The Morgan fingerprint density at radius 1 is 1.08 bits per heavy atom. The number of rotatable bonds is 10. The van der Waals surface area contributed by atoms with Gasteiger partial charge in [-0.15, -0.1) is 0 Å². The third-order valence-corrected chi connectivity index (χ3v) is 10.5. The van der Waals surface area contributed by atoms with Gasteiger partial charge < -0.3 is 15.3 Å². The highest BCUT2D eigenvalue weighted by Gasteiger charge is 2.54. The Morgan fingerprint density at radius 3 is 2.43 bits per heavy atom. The first kappa shape index (κ1) is 28.5. The lowest BCUT2D eigenvalue weighted by atomic mass is 9.61. The highest BCUT2D eigenvalue weighted by atomic mass is 16.3. The molecule has 0 aromatic rings. The summed E-state index contributed by atoms with van der Waals surface area (Å²) in [5.74, 6) is 1.75. The van der Waals surface area contributed by atoms with Crippen LogP contribution in [0.4, 0.5) is 0 Å². The molecule has 0 radical (unpaired) electrons. The maximum Gasteiger partial charge on any atom is 0.141 e. The molecule has 0 aromatic carbocycles. The van der Waals surface area contributed by atoms with Gasteiger partial charge in [0.15, 0.2) is 0 Å². The van der Waals surface area contributed by atoms with Crippen molar-refractivity contribution < 1.29 is 20.1 Å². The lowest BCUT2D eigenvalue weighted by Crippen LogP contribution is -2.35. The van der Waals surface area contributed by atoms with E-state index in [9.17, 15) is 20.1 Å². The number of hydrogen-bond donors (Lipinski definition) is 3. The Kier molecular flexibility index (Phi) is 9.03. The topological polar surface area (TPSA) is 77.8 Å². The molecule has 206 valence electrons. The zero-order valence-electron chi connectivity index (χ0n) is 23.4. The number of carbonyl (C=O) groups excluding carboxylic acids is 1. The van der Waals surface area contributed by atoms with Crippen LogP contribution >= 0.6 is 0 Å². The number of carbonyl (C=O) groups is 1. The van der Waals surface area contributed by atoms with Crippen LogP contribution in [0.15, 0.2) is 47.6 Å². The fraction of sp³-hybridized carbons (Fsp3) is 0.727. The van der Waals surface area contributed by atoms with E-state index in [2.05, 4.69) is 45.6 Å². The Balaban J connectivity index is 1.40. The molecule has 4 rings (SSSR count). The van der Waals surface area contributed by atoms with Crippen molar-refractivity contribution in [2.24, 2.45) is 28.6 Å². The highest BCUT2D eigenvalue weighted by molar-refractivity contribution is 5.88. The first-order valence-corrected chi connectivity index (χ1v) is 15.0. The van der Waals surface area contributed by atoms with Crippen molar-refractivity contribution in [3.63, 3.8) is 0 Å². The summed E-state index contributed by atoms with van der Waals surface area (Å²) >= 11 is 0. The summed E-state index contributed by atoms with van der Waals surface area (Å²) < 4.78 is 0. The van der Waals surface area contributed by atoms with Crippen LogP contribution in [0.1, 0.15) is 104 Å². The molecular weight excluding hydrogens is 460 g/mol. The van der Waals surface area contributed by atoms with Crippen LogP contribution in [0, 0.1) is 28.6 Å². The Morgan fingerprint density at radius 2 is 1.78 bits per heavy atom. The van der Waals surface area contributed by atoms with Gasteiger partial charge in [0.05, 0.1) is 23.7 Å². The summed E-state index contributed by atoms with van der Waals surface area (Å²) in [7, 11) is 0. The molecule has 0 aromatic heterocycles. The van der Waals surface area contributed by atoms with E-state index in [1.54, 1.807) is 0 Å². The average Bonchev–Trinajstić information content (AvgIpc) is 3.60. The van der Waals surface area contributed by atoms with Crippen molar-refractivity contribution in [1.82, 2.24) is 0 Å². The molecule has 0 heterocycles. The molecule has 4 saturated carbocycles. The number of fused-ring (bicyclic) bond motifs is 1. The fourth-order valence-corrected chi connectivity index (χ4v) is 7.83. The SMILES string of the molecule is C=C1[C@H](O)CC(=C/C=C2\CCC[C@]3(C)[C@@H]([C@H](C)/C=C/[C@@H](O)C4(C(=O)CCCCC)CC4)CC[C@@H]23)C[C@H]1O. The molecule has 0 saturated heterocycles. The van der Waals surface area contributed by atoms with Crippen LogP contribution in [0.3, 0.4) is 0 Å². The van der Waals surface area contributed by atoms with Crippen molar-refractivity contribution >= 4 is 5.78 Å². The van der Waals surface area contributed by atoms with E-state index in [0.717, 1.165) is 44.1 Å². The molecule has 0 spiro atoms. The van der Waals surface area contributed by atoms with Crippen molar-refractivity contribution in [2.75, 3.05) is 0 Å². The van der Waals surface area contributed by atoms with E-state index in [4.69, 9.17) is 0 Å². The van der Waals surface area contributed by atoms with Gasteiger partial charge in [0, 0.05) is 6.42 Å². The number of aliphatic hydroxyl groups is 3. The summed E-state index contributed by atoms with van der Waals surface area (Å²) in [4.78, 5) is 12.8. The van der Waals surface area contributed by atoms with Gasteiger partial charge in [-0.1, -0.05) is 75.6 Å². The first-order chi connectivity index (χ1) is 17.6. The average molecular weight is 511 g/mol. The lowest BCUT2D eigenvalue weighted by molar-refractivity contribution is -0.127. The van der Waals surface area contributed by atoms with Gasteiger partial charge in [-0.05, 0) is 93.0 Å². The Bertz CT molecular complexity index is 922. The molecule has 4 aliphatic rings. The van der Waals surface area contributed by atoms with E-state index in [0.29, 0.717) is 42.6 Å². The van der Waals surface area contributed by atoms with Crippen LogP contribution in [-0.4, -0.2) is 39.4 Å². The predicted octanol–water partition coefficient (Wildman–Crippen LogP) is 6.61. The monoisotopic (exact) mass is 510 g/mol. The molecule has 4 nitrogen and oxygen atoms in total. The minimum Gasteiger partial charge on any atom is -0.388 e. The van der Waals surface area contributed by atoms with Crippen molar-refractivity contribution in [3.8, 4) is 0 Å². The van der Waals surface area contributed by atoms with Crippen LogP contribution in [-0.2, 0) is 4.79 Å². The van der Waals surface area contributed by atoms with E-state index in [1.807, 2.05) is 6.08 Å². The van der Waals surface area contributed by atoms with E-state index in [1.165, 1.54) is 31.3 Å². The molecule has 37 heavy (non-hydrogen) atoms. The number of unbranched alkanes of at least 4 members (excludes halogenated alkanes) is 2. The summed E-state index contributed by atoms with van der Waals surface area (Å²) in [5.41, 5.74) is 2.89. The van der Waals surface area contributed by atoms with Crippen LogP contribution < -0.4 is 0 Å². The quantitative estimate of drug-likeness (QED) is 0.228. The Labute approximate surface area is 224 Å². The number of hydrogen-bond acceptors (Lipinski definition) is 4. The van der Waals surface area contributed by atoms with Crippen LogP contribution in [0.2, 0.25) is 0 Å². The minimum atomic E-state index is -0.653. The van der Waals surface area contributed by atoms with Crippen LogP contribution in [0.25, 0.3) is 0 Å². The summed E-state index contributed by atoms with van der Waals surface area (Å²) in [5, 5.41) is 31.4. The zero-order valence-corrected chi connectivity index (χ0v) is 23.4. The maximum atomic E-state index is 12.8. The maximum absolute atomic E-state index is 12.8. The van der Waals surface area contributed by atoms with E-state index in [-0.39, 0.29) is 11.2 Å².